The van der Waals surface area contributed by atoms with Crippen LogP contribution in [-0.2, 0) is 0 Å². The topological polar surface area (TPSA) is 22.1 Å². The second kappa shape index (κ2) is 3.92. The van der Waals surface area contributed by atoms with Gasteiger partial charge in [-0.2, -0.15) is 0 Å². The van der Waals surface area contributed by atoms with Gasteiger partial charge in [0.1, 0.15) is 0 Å². The normalized spacial score (nSPS) is 9.79. The third-order valence-corrected chi connectivity index (χ3v) is 1.96. The molecule has 0 amide bonds. The Bertz CT molecular complexity index is 394. The zero-order chi connectivity index (χ0) is 9.80. The Morgan fingerprint density at radius 3 is 2.71 bits per heavy atom. The summed E-state index contributed by atoms with van der Waals surface area (Å²) in [5.74, 6) is 0.810. The number of hydrogen-bond acceptors (Lipinski definition) is 2. The average Bonchev–Trinajstić information content (AvgIpc) is 2.30. The molecule has 0 bridgehead atoms. The molecule has 0 fully saturated rings. The van der Waals surface area contributed by atoms with Crippen molar-refractivity contribution in [2.75, 3.05) is 7.11 Å². The van der Waals surface area contributed by atoms with Crippen LogP contribution in [0.2, 0.25) is 0 Å². The van der Waals surface area contributed by atoms with Crippen molar-refractivity contribution in [3.8, 4) is 17.0 Å². The van der Waals surface area contributed by atoms with E-state index >= 15 is 0 Å². The molecule has 70 valence electrons. The van der Waals surface area contributed by atoms with Gasteiger partial charge in [-0.05, 0) is 11.8 Å². The van der Waals surface area contributed by atoms with Crippen molar-refractivity contribution >= 4 is 0 Å². The first kappa shape index (κ1) is 8.75. The minimum Gasteiger partial charge on any atom is -0.540 e. The molecule has 1 aromatic carbocycles. The third-order valence-electron chi connectivity index (χ3n) is 1.96. The van der Waals surface area contributed by atoms with Crippen LogP contribution in [0, 0.1) is 6.07 Å². The second-order valence-electron chi connectivity index (χ2n) is 2.86. The number of rotatable bonds is 2. The molecule has 2 rings (SSSR count). The van der Waals surface area contributed by atoms with E-state index in [1.54, 1.807) is 13.3 Å². The summed E-state index contributed by atoms with van der Waals surface area (Å²) in [6, 6.07) is 14.6. The maximum atomic E-state index is 5.05. The molecule has 0 aliphatic rings. The molecule has 0 unspecified atom stereocenters. The zero-order valence-corrected chi connectivity index (χ0v) is 7.90. The summed E-state index contributed by atoms with van der Waals surface area (Å²) in [5.41, 5.74) is 1.90. The average molecular weight is 184 g/mol. The van der Waals surface area contributed by atoms with E-state index in [0.29, 0.717) is 0 Å². The fourth-order valence-corrected chi connectivity index (χ4v) is 1.22. The predicted molar refractivity (Wildman–Crippen MR) is 55.1 cm³/mol. The lowest BCUT2D eigenvalue weighted by molar-refractivity contribution is 0.415. The Balaban J connectivity index is 2.34. The zero-order valence-electron chi connectivity index (χ0n) is 7.90. The standard InChI is InChI=1S/C12H10NO/c1-14-11-7-5-10(6-8-11)12-4-2-3-9-13-12/h2-5,7-9H,1H3/q-1. The predicted octanol–water partition coefficient (Wildman–Crippen LogP) is 2.56. The van der Waals surface area contributed by atoms with Crippen molar-refractivity contribution in [3.05, 3.63) is 48.7 Å². The summed E-state index contributed by atoms with van der Waals surface area (Å²) in [6.45, 7) is 0. The molecule has 1 heterocycles. The van der Waals surface area contributed by atoms with Gasteiger partial charge < -0.3 is 9.72 Å². The Kier molecular flexibility index (Phi) is 2.45. The fourth-order valence-electron chi connectivity index (χ4n) is 1.22. The van der Waals surface area contributed by atoms with Gasteiger partial charge >= 0.3 is 0 Å². The maximum Gasteiger partial charge on any atom is 0.0647 e. The highest BCUT2D eigenvalue weighted by molar-refractivity contribution is 5.58. The minimum atomic E-state index is 0.810. The van der Waals surface area contributed by atoms with Crippen LogP contribution < -0.4 is 4.74 Å². The summed E-state index contributed by atoms with van der Waals surface area (Å²) >= 11 is 0. The molecule has 14 heavy (non-hydrogen) atoms. The lowest BCUT2D eigenvalue weighted by Gasteiger charge is -2.09. The Hall–Kier alpha value is -1.83. The number of hydrogen-bond donors (Lipinski definition) is 0. The van der Waals surface area contributed by atoms with E-state index in [9.17, 15) is 0 Å². The van der Waals surface area contributed by atoms with Crippen LogP contribution in [0.1, 0.15) is 0 Å². The highest BCUT2D eigenvalue weighted by atomic mass is 16.5. The molecule has 1 aromatic heterocycles. The van der Waals surface area contributed by atoms with Gasteiger partial charge in [-0.15, -0.1) is 29.8 Å². The van der Waals surface area contributed by atoms with Crippen molar-refractivity contribution in [1.82, 2.24) is 4.98 Å². The van der Waals surface area contributed by atoms with Crippen LogP contribution >= 0.6 is 0 Å². The molecule has 0 radical (unpaired) electrons. The van der Waals surface area contributed by atoms with Crippen molar-refractivity contribution in [3.63, 3.8) is 0 Å². The van der Waals surface area contributed by atoms with Crippen LogP contribution in [0.4, 0.5) is 0 Å². The number of benzene rings is 1. The van der Waals surface area contributed by atoms with Gasteiger partial charge in [0.2, 0.25) is 0 Å². The van der Waals surface area contributed by atoms with E-state index in [1.165, 1.54) is 0 Å². The van der Waals surface area contributed by atoms with Gasteiger partial charge in [0, 0.05) is 11.9 Å². The minimum absolute atomic E-state index is 0.810. The molecular weight excluding hydrogens is 174 g/mol. The Labute approximate surface area is 83.2 Å². The van der Waals surface area contributed by atoms with Gasteiger partial charge in [-0.3, -0.25) is 0 Å². The van der Waals surface area contributed by atoms with Crippen LogP contribution in [-0.4, -0.2) is 12.1 Å². The molecule has 0 atom stereocenters. The molecule has 0 N–H and O–H groups in total. The van der Waals surface area contributed by atoms with E-state index < -0.39 is 0 Å². The highest BCUT2D eigenvalue weighted by Gasteiger charge is 1.89. The van der Waals surface area contributed by atoms with Gasteiger partial charge in [0.25, 0.3) is 0 Å². The Morgan fingerprint density at radius 2 is 2.14 bits per heavy atom. The van der Waals surface area contributed by atoms with Crippen LogP contribution in [0.5, 0.6) is 5.75 Å². The molecular formula is C12H10NO-. The Morgan fingerprint density at radius 1 is 1.21 bits per heavy atom. The van der Waals surface area contributed by atoms with Crippen molar-refractivity contribution in [2.45, 2.75) is 0 Å². The molecule has 2 heteroatoms. The lowest BCUT2D eigenvalue weighted by Crippen LogP contribution is -1.84. The lowest BCUT2D eigenvalue weighted by atomic mass is 10.1. The molecule has 0 aliphatic carbocycles. The number of aromatic nitrogens is 1. The maximum absolute atomic E-state index is 5.05. The summed E-state index contributed by atoms with van der Waals surface area (Å²) in [4.78, 5) is 4.23. The number of nitrogens with zero attached hydrogens (tertiary/aromatic N) is 1. The molecule has 0 spiro atoms. The summed E-state index contributed by atoms with van der Waals surface area (Å²) in [7, 11) is 1.64. The highest BCUT2D eigenvalue weighted by Crippen LogP contribution is 2.18. The number of ether oxygens (including phenoxy) is 1. The van der Waals surface area contributed by atoms with Gasteiger partial charge in [0.05, 0.1) is 7.11 Å². The first-order valence-electron chi connectivity index (χ1n) is 4.37. The van der Waals surface area contributed by atoms with E-state index in [4.69, 9.17) is 4.74 Å². The van der Waals surface area contributed by atoms with Crippen LogP contribution in [0.3, 0.4) is 0 Å². The molecule has 0 saturated heterocycles. The summed E-state index contributed by atoms with van der Waals surface area (Å²) < 4.78 is 5.05. The number of methoxy groups -OCH3 is 1. The van der Waals surface area contributed by atoms with E-state index in [2.05, 4.69) is 11.1 Å². The molecule has 0 aliphatic heterocycles. The monoisotopic (exact) mass is 184 g/mol. The van der Waals surface area contributed by atoms with E-state index in [1.807, 2.05) is 36.4 Å². The molecule has 2 aromatic rings. The second-order valence-corrected chi connectivity index (χ2v) is 2.86. The molecule has 2 nitrogen and oxygen atoms in total. The summed E-state index contributed by atoms with van der Waals surface area (Å²) in [6.07, 6.45) is 1.77. The first-order chi connectivity index (χ1) is 6.90. The SMILES string of the molecule is COc1c[c-]c(-c2ccccn2)cc1. The van der Waals surface area contributed by atoms with Gasteiger partial charge in [-0.1, -0.05) is 12.1 Å². The van der Waals surface area contributed by atoms with E-state index in [0.717, 1.165) is 17.0 Å². The van der Waals surface area contributed by atoms with Crippen molar-refractivity contribution < 1.29 is 4.74 Å². The van der Waals surface area contributed by atoms with Gasteiger partial charge in [-0.25, -0.2) is 0 Å². The smallest absolute Gasteiger partial charge is 0.0647 e. The third kappa shape index (κ3) is 1.74. The van der Waals surface area contributed by atoms with Crippen molar-refractivity contribution in [1.29, 1.82) is 0 Å². The van der Waals surface area contributed by atoms with Crippen LogP contribution in [0.15, 0.2) is 42.6 Å². The fraction of sp³-hybridized carbons (Fsp3) is 0.0833. The van der Waals surface area contributed by atoms with E-state index in [-0.39, 0.29) is 0 Å². The van der Waals surface area contributed by atoms with Crippen molar-refractivity contribution in [2.24, 2.45) is 0 Å². The van der Waals surface area contributed by atoms with Crippen LogP contribution in [0.25, 0.3) is 11.3 Å². The molecule has 0 saturated carbocycles. The summed E-state index contributed by atoms with van der Waals surface area (Å²) in [5, 5.41) is 0. The quantitative estimate of drug-likeness (QED) is 0.669. The first-order valence-corrected chi connectivity index (χ1v) is 4.37. The largest absolute Gasteiger partial charge is 0.540 e. The number of pyridine rings is 1. The van der Waals surface area contributed by atoms with Gasteiger partial charge in [0.15, 0.2) is 0 Å².